The Morgan fingerprint density at radius 2 is 2.00 bits per heavy atom. The standard InChI is InChI=1S/C8H15BrF3NO2/c1-13(5-7(9)6-14-2)3-4-15-8(10,11)12/h7H,3-6H2,1-2H3. The predicted octanol–water partition coefficient (Wildman–Crippen LogP) is 1.86. The fourth-order valence-corrected chi connectivity index (χ4v) is 1.74. The molecule has 0 aromatic rings. The van der Waals surface area contributed by atoms with Crippen molar-refractivity contribution in [2.75, 3.05) is 40.5 Å². The fourth-order valence-electron chi connectivity index (χ4n) is 0.980. The molecule has 0 rings (SSSR count). The van der Waals surface area contributed by atoms with E-state index in [9.17, 15) is 13.2 Å². The van der Waals surface area contributed by atoms with Gasteiger partial charge in [-0.2, -0.15) is 0 Å². The Labute approximate surface area is 95.6 Å². The number of nitrogens with zero attached hydrogens (tertiary/aromatic N) is 1. The van der Waals surface area contributed by atoms with Crippen LogP contribution >= 0.6 is 15.9 Å². The van der Waals surface area contributed by atoms with E-state index in [-0.39, 0.29) is 18.0 Å². The molecule has 0 radical (unpaired) electrons. The van der Waals surface area contributed by atoms with Gasteiger partial charge in [0.2, 0.25) is 0 Å². The first-order valence-corrected chi connectivity index (χ1v) is 5.29. The zero-order valence-electron chi connectivity index (χ0n) is 8.68. The van der Waals surface area contributed by atoms with Crippen molar-refractivity contribution in [2.45, 2.75) is 11.2 Å². The lowest BCUT2D eigenvalue weighted by atomic mass is 10.4. The molecule has 0 saturated carbocycles. The SMILES string of the molecule is COCC(Br)CN(C)CCOC(F)(F)F. The molecule has 0 aromatic carbocycles. The normalized spacial score (nSPS) is 14.6. The highest BCUT2D eigenvalue weighted by Crippen LogP contribution is 2.15. The second kappa shape index (κ2) is 7.43. The summed E-state index contributed by atoms with van der Waals surface area (Å²) in [6.07, 6.45) is -4.54. The summed E-state index contributed by atoms with van der Waals surface area (Å²) >= 11 is 3.34. The molecule has 0 spiro atoms. The number of halogens is 4. The van der Waals surface area contributed by atoms with E-state index in [2.05, 4.69) is 20.7 Å². The van der Waals surface area contributed by atoms with Crippen LogP contribution in [0.4, 0.5) is 13.2 Å². The van der Waals surface area contributed by atoms with Crippen LogP contribution in [-0.4, -0.2) is 56.6 Å². The molecule has 0 aromatic heterocycles. The molecule has 1 atom stereocenters. The van der Waals surface area contributed by atoms with Gasteiger partial charge < -0.3 is 9.64 Å². The van der Waals surface area contributed by atoms with Gasteiger partial charge in [0.1, 0.15) is 0 Å². The first kappa shape index (κ1) is 15.2. The Morgan fingerprint density at radius 3 is 2.47 bits per heavy atom. The van der Waals surface area contributed by atoms with Crippen molar-refractivity contribution in [2.24, 2.45) is 0 Å². The Morgan fingerprint density at radius 1 is 1.40 bits per heavy atom. The Hall–Kier alpha value is 0.150. The van der Waals surface area contributed by atoms with Crippen LogP contribution in [0, 0.1) is 0 Å². The summed E-state index contributed by atoms with van der Waals surface area (Å²) in [6.45, 7) is 0.998. The van der Waals surface area contributed by atoms with Gasteiger partial charge in [0.15, 0.2) is 0 Å². The van der Waals surface area contributed by atoms with Gasteiger partial charge in [0.25, 0.3) is 0 Å². The Balaban J connectivity index is 3.53. The van der Waals surface area contributed by atoms with Gasteiger partial charge >= 0.3 is 6.36 Å². The van der Waals surface area contributed by atoms with Gasteiger partial charge in [-0.25, -0.2) is 0 Å². The van der Waals surface area contributed by atoms with E-state index < -0.39 is 6.36 Å². The van der Waals surface area contributed by atoms with E-state index in [4.69, 9.17) is 4.74 Å². The van der Waals surface area contributed by atoms with Crippen molar-refractivity contribution in [3.63, 3.8) is 0 Å². The van der Waals surface area contributed by atoms with Crippen LogP contribution in [-0.2, 0) is 9.47 Å². The summed E-state index contributed by atoms with van der Waals surface area (Å²) in [5, 5.41) is 0. The third-order valence-corrected chi connectivity index (χ3v) is 2.15. The largest absolute Gasteiger partial charge is 0.522 e. The minimum atomic E-state index is -4.54. The lowest BCUT2D eigenvalue weighted by molar-refractivity contribution is -0.324. The van der Waals surface area contributed by atoms with Crippen LogP contribution in [0.15, 0.2) is 0 Å². The maximum Gasteiger partial charge on any atom is 0.522 e. The second-order valence-corrected chi connectivity index (χ2v) is 4.40. The van der Waals surface area contributed by atoms with E-state index in [0.717, 1.165) is 0 Å². The zero-order valence-corrected chi connectivity index (χ0v) is 10.3. The van der Waals surface area contributed by atoms with E-state index >= 15 is 0 Å². The number of hydrogen-bond donors (Lipinski definition) is 0. The van der Waals surface area contributed by atoms with Crippen molar-refractivity contribution < 1.29 is 22.6 Å². The average molecular weight is 294 g/mol. The van der Waals surface area contributed by atoms with Crippen molar-refractivity contribution in [1.29, 1.82) is 0 Å². The van der Waals surface area contributed by atoms with Crippen LogP contribution in [0.5, 0.6) is 0 Å². The highest BCUT2D eigenvalue weighted by atomic mass is 79.9. The first-order valence-electron chi connectivity index (χ1n) is 4.37. The molecule has 0 aliphatic carbocycles. The molecule has 0 aliphatic heterocycles. The molecule has 7 heteroatoms. The summed E-state index contributed by atoms with van der Waals surface area (Å²) in [6, 6.07) is 0. The molecule has 15 heavy (non-hydrogen) atoms. The van der Waals surface area contributed by atoms with Gasteiger partial charge in [0, 0.05) is 20.2 Å². The number of rotatable bonds is 7. The minimum absolute atomic E-state index is 0.110. The van der Waals surface area contributed by atoms with E-state index in [1.807, 2.05) is 0 Å². The third-order valence-electron chi connectivity index (χ3n) is 1.60. The Bertz CT molecular complexity index is 168. The molecule has 92 valence electrons. The molecule has 0 bridgehead atoms. The molecule has 0 aliphatic rings. The van der Waals surface area contributed by atoms with Crippen molar-refractivity contribution >= 4 is 15.9 Å². The highest BCUT2D eigenvalue weighted by Gasteiger charge is 2.28. The quantitative estimate of drug-likeness (QED) is 0.669. The number of alkyl halides is 4. The second-order valence-electron chi connectivity index (χ2n) is 3.11. The predicted molar refractivity (Wildman–Crippen MR) is 54.1 cm³/mol. The van der Waals surface area contributed by atoms with Gasteiger partial charge in [-0.15, -0.1) is 13.2 Å². The van der Waals surface area contributed by atoms with Crippen LogP contribution in [0.3, 0.4) is 0 Å². The lowest BCUT2D eigenvalue weighted by Crippen LogP contribution is -2.32. The number of likely N-dealkylation sites (N-methyl/N-ethyl adjacent to an activating group) is 1. The van der Waals surface area contributed by atoms with E-state index in [1.54, 1.807) is 19.1 Å². The van der Waals surface area contributed by atoms with E-state index in [0.29, 0.717) is 13.2 Å². The molecule has 0 saturated heterocycles. The van der Waals surface area contributed by atoms with Crippen molar-refractivity contribution in [3.05, 3.63) is 0 Å². The Kier molecular flexibility index (Phi) is 7.50. The van der Waals surface area contributed by atoms with Crippen LogP contribution in [0.2, 0.25) is 0 Å². The first-order chi connectivity index (χ1) is 6.85. The van der Waals surface area contributed by atoms with Crippen LogP contribution in [0.25, 0.3) is 0 Å². The zero-order chi connectivity index (χ0) is 11.9. The molecule has 0 fully saturated rings. The monoisotopic (exact) mass is 293 g/mol. The van der Waals surface area contributed by atoms with Crippen LogP contribution in [0.1, 0.15) is 0 Å². The summed E-state index contributed by atoms with van der Waals surface area (Å²) in [4.78, 5) is 1.85. The number of hydrogen-bond acceptors (Lipinski definition) is 3. The summed E-state index contributed by atoms with van der Waals surface area (Å²) in [7, 11) is 3.30. The average Bonchev–Trinajstić information content (AvgIpc) is 2.01. The van der Waals surface area contributed by atoms with Gasteiger partial charge in [-0.05, 0) is 7.05 Å². The molecule has 0 amide bonds. The van der Waals surface area contributed by atoms with Crippen LogP contribution < -0.4 is 0 Å². The number of ether oxygens (including phenoxy) is 2. The van der Waals surface area contributed by atoms with Gasteiger partial charge in [-0.3, -0.25) is 4.74 Å². The maximum absolute atomic E-state index is 11.6. The minimum Gasteiger partial charge on any atom is -0.383 e. The molecule has 3 nitrogen and oxygen atoms in total. The van der Waals surface area contributed by atoms with Crippen molar-refractivity contribution in [3.8, 4) is 0 Å². The summed E-state index contributed by atoms with van der Waals surface area (Å²) in [5.41, 5.74) is 0. The molecular formula is C8H15BrF3NO2. The topological polar surface area (TPSA) is 21.7 Å². The highest BCUT2D eigenvalue weighted by molar-refractivity contribution is 9.09. The smallest absolute Gasteiger partial charge is 0.383 e. The molecule has 0 N–H and O–H groups in total. The summed E-state index contributed by atoms with van der Waals surface area (Å²) < 4.78 is 43.4. The maximum atomic E-state index is 11.6. The van der Waals surface area contributed by atoms with Gasteiger partial charge in [0.05, 0.1) is 18.0 Å². The van der Waals surface area contributed by atoms with E-state index in [1.165, 1.54) is 0 Å². The lowest BCUT2D eigenvalue weighted by Gasteiger charge is -2.19. The van der Waals surface area contributed by atoms with Crippen molar-refractivity contribution in [1.82, 2.24) is 4.90 Å². The fraction of sp³-hybridized carbons (Fsp3) is 1.00. The number of methoxy groups -OCH3 is 1. The third kappa shape index (κ3) is 10.4. The summed E-state index contributed by atoms with van der Waals surface area (Å²) in [5.74, 6) is 0. The molecule has 0 heterocycles. The molecule has 1 unspecified atom stereocenters. The van der Waals surface area contributed by atoms with Gasteiger partial charge in [-0.1, -0.05) is 15.9 Å². The molecular weight excluding hydrogens is 279 g/mol.